The summed E-state index contributed by atoms with van der Waals surface area (Å²) in [5, 5.41) is 0. The summed E-state index contributed by atoms with van der Waals surface area (Å²) in [7, 11) is 1.38. The quantitative estimate of drug-likeness (QED) is 0.570. The average Bonchev–Trinajstić information content (AvgIpc) is 2.97. The molecule has 0 saturated carbocycles. The molecule has 0 radical (unpaired) electrons. The highest BCUT2D eigenvalue weighted by atomic mass is 19.1. The minimum Gasteiger partial charge on any atom is -0.465 e. The maximum absolute atomic E-state index is 15.0. The second kappa shape index (κ2) is 9.73. The van der Waals surface area contributed by atoms with Crippen molar-refractivity contribution >= 4 is 11.5 Å². The minimum atomic E-state index is -0.341. The van der Waals surface area contributed by atoms with E-state index in [0.29, 0.717) is 17.9 Å². The van der Waals surface area contributed by atoms with Gasteiger partial charge in [0.15, 0.2) is 0 Å². The van der Waals surface area contributed by atoms with E-state index in [9.17, 15) is 13.6 Å². The first-order chi connectivity index (χ1) is 15.1. The van der Waals surface area contributed by atoms with Crippen LogP contribution in [0.3, 0.4) is 0 Å². The van der Waals surface area contributed by atoms with Crippen LogP contribution in [-0.4, -0.2) is 44.3 Å². The summed E-state index contributed by atoms with van der Waals surface area (Å²) in [6.07, 6.45) is 6.25. The lowest BCUT2D eigenvalue weighted by atomic mass is 9.89. The maximum atomic E-state index is 15.0. The molecule has 0 aromatic heterocycles. The Morgan fingerprint density at radius 2 is 2.03 bits per heavy atom. The number of esters is 1. The fourth-order valence-corrected chi connectivity index (χ4v) is 4.69. The van der Waals surface area contributed by atoms with Gasteiger partial charge in [0.05, 0.1) is 19.3 Å². The highest BCUT2D eigenvalue weighted by Gasteiger charge is 2.27. The van der Waals surface area contributed by atoms with Crippen molar-refractivity contribution in [2.24, 2.45) is 5.92 Å². The Bertz CT molecular complexity index is 979. The third-order valence-corrected chi connectivity index (χ3v) is 6.33. The molecule has 1 saturated heterocycles. The van der Waals surface area contributed by atoms with Gasteiger partial charge in [-0.3, -0.25) is 4.39 Å². The summed E-state index contributed by atoms with van der Waals surface area (Å²) in [6, 6.07) is 11.2. The van der Waals surface area contributed by atoms with Crippen molar-refractivity contribution in [1.29, 1.82) is 0 Å². The largest absolute Gasteiger partial charge is 0.465 e. The molecule has 5 heteroatoms. The molecule has 1 heterocycles. The van der Waals surface area contributed by atoms with Gasteiger partial charge in [0.2, 0.25) is 0 Å². The molecular weight excluding hydrogens is 396 g/mol. The number of carbonyl (C=O) groups excluding carboxylic acids is 1. The summed E-state index contributed by atoms with van der Waals surface area (Å²) >= 11 is 0. The van der Waals surface area contributed by atoms with E-state index in [1.807, 2.05) is 24.3 Å². The van der Waals surface area contributed by atoms with Crippen molar-refractivity contribution in [3.05, 3.63) is 76.1 Å². The van der Waals surface area contributed by atoms with Crippen LogP contribution >= 0.6 is 0 Å². The molecule has 164 valence electrons. The Labute approximate surface area is 182 Å². The van der Waals surface area contributed by atoms with Gasteiger partial charge in [0, 0.05) is 19.6 Å². The van der Waals surface area contributed by atoms with Gasteiger partial charge >= 0.3 is 5.97 Å². The Hall–Kier alpha value is -2.53. The number of aryl methyl sites for hydroxylation is 1. The second-order valence-corrected chi connectivity index (χ2v) is 8.55. The molecular formula is C26H29F2NO2. The number of methoxy groups -OCH3 is 1. The lowest BCUT2D eigenvalue weighted by Crippen LogP contribution is -2.47. The van der Waals surface area contributed by atoms with E-state index >= 15 is 0 Å². The zero-order valence-electron chi connectivity index (χ0n) is 18.0. The van der Waals surface area contributed by atoms with Crippen molar-refractivity contribution in [2.45, 2.75) is 32.1 Å². The highest BCUT2D eigenvalue weighted by molar-refractivity contribution is 5.91. The number of hydrogen-bond acceptors (Lipinski definition) is 3. The number of alkyl halides is 1. The first kappa shape index (κ1) is 21.7. The Morgan fingerprint density at radius 3 is 2.77 bits per heavy atom. The first-order valence-electron chi connectivity index (χ1n) is 11.1. The van der Waals surface area contributed by atoms with Gasteiger partial charge in [0.25, 0.3) is 0 Å². The monoisotopic (exact) mass is 425 g/mol. The number of nitrogens with zero attached hydrogens (tertiary/aromatic N) is 1. The number of halogens is 2. The number of rotatable bonds is 7. The molecule has 2 aliphatic rings. The van der Waals surface area contributed by atoms with Gasteiger partial charge in [-0.1, -0.05) is 24.3 Å². The molecule has 2 aromatic rings. The summed E-state index contributed by atoms with van der Waals surface area (Å²) in [5.41, 5.74) is 5.34. The fraction of sp³-hybridized carbons (Fsp3) is 0.423. The summed E-state index contributed by atoms with van der Waals surface area (Å²) < 4.78 is 32.1. The predicted octanol–water partition coefficient (Wildman–Crippen LogP) is 5.21. The second-order valence-electron chi connectivity index (χ2n) is 8.55. The van der Waals surface area contributed by atoms with Crippen molar-refractivity contribution in [2.75, 3.05) is 33.4 Å². The van der Waals surface area contributed by atoms with Crippen molar-refractivity contribution in [3.8, 4) is 0 Å². The van der Waals surface area contributed by atoms with E-state index < -0.39 is 0 Å². The van der Waals surface area contributed by atoms with Crippen LogP contribution in [0.1, 0.15) is 51.9 Å². The lowest BCUT2D eigenvalue weighted by Gasteiger charge is -2.39. The highest BCUT2D eigenvalue weighted by Crippen LogP contribution is 2.33. The third-order valence-electron chi connectivity index (χ3n) is 6.33. The molecule has 31 heavy (non-hydrogen) atoms. The standard InChI is InChI=1S/C26H29F2NO2/c1-31-26(30)22-9-10-24-19(14-22)5-2-3-6-23(24)20-7-8-21(25(28)15-20)13-18-16-29(17-18)12-4-11-27/h6-10,14-15,18H,2-5,11-13,16-17H2,1H3. The Balaban J connectivity index is 1.51. The number of carbonyl (C=O) groups is 1. The zero-order valence-corrected chi connectivity index (χ0v) is 18.0. The van der Waals surface area contributed by atoms with Crippen LogP contribution in [0.15, 0.2) is 42.5 Å². The Morgan fingerprint density at radius 1 is 1.19 bits per heavy atom. The molecule has 1 aliphatic heterocycles. The van der Waals surface area contributed by atoms with Crippen molar-refractivity contribution < 1.29 is 18.3 Å². The SMILES string of the molecule is COC(=O)c1ccc2c(c1)CCCC=C2c1ccc(CC2CN(CCCF)C2)c(F)c1. The molecule has 0 amide bonds. The normalized spacial score (nSPS) is 16.8. The van der Waals surface area contributed by atoms with Gasteiger partial charge < -0.3 is 9.64 Å². The fourth-order valence-electron chi connectivity index (χ4n) is 4.69. The third kappa shape index (κ3) is 4.87. The van der Waals surface area contributed by atoms with E-state index in [1.54, 1.807) is 12.1 Å². The molecule has 0 bridgehead atoms. The van der Waals surface area contributed by atoms with Gasteiger partial charge in [0.1, 0.15) is 5.82 Å². The van der Waals surface area contributed by atoms with E-state index in [2.05, 4.69) is 11.0 Å². The summed E-state index contributed by atoms with van der Waals surface area (Å²) in [6.45, 7) is 2.35. The van der Waals surface area contributed by atoms with Crippen LogP contribution in [0.5, 0.6) is 0 Å². The number of likely N-dealkylation sites (tertiary alicyclic amines) is 1. The maximum Gasteiger partial charge on any atom is 0.337 e. The van der Waals surface area contributed by atoms with Gasteiger partial charge in [-0.25, -0.2) is 9.18 Å². The molecule has 1 fully saturated rings. The smallest absolute Gasteiger partial charge is 0.337 e. The van der Waals surface area contributed by atoms with Crippen LogP contribution in [0, 0.1) is 11.7 Å². The first-order valence-corrected chi connectivity index (χ1v) is 11.1. The van der Waals surface area contributed by atoms with Crippen LogP contribution in [-0.2, 0) is 17.6 Å². The van der Waals surface area contributed by atoms with Crippen LogP contribution in [0.2, 0.25) is 0 Å². The zero-order chi connectivity index (χ0) is 21.8. The lowest BCUT2D eigenvalue weighted by molar-refractivity contribution is 0.0600. The van der Waals surface area contributed by atoms with Gasteiger partial charge in [-0.05, 0) is 84.0 Å². The van der Waals surface area contributed by atoms with Gasteiger partial charge in [-0.2, -0.15) is 0 Å². The predicted molar refractivity (Wildman–Crippen MR) is 118 cm³/mol. The Kier molecular flexibility index (Phi) is 6.81. The number of allylic oxidation sites excluding steroid dienone is 1. The summed E-state index contributed by atoms with van der Waals surface area (Å²) in [4.78, 5) is 14.1. The van der Waals surface area contributed by atoms with E-state index in [0.717, 1.165) is 73.1 Å². The van der Waals surface area contributed by atoms with Crippen LogP contribution in [0.25, 0.3) is 5.57 Å². The van der Waals surface area contributed by atoms with Crippen molar-refractivity contribution in [3.63, 3.8) is 0 Å². The molecule has 3 nitrogen and oxygen atoms in total. The minimum absolute atomic E-state index is 0.169. The molecule has 2 aromatic carbocycles. The molecule has 0 atom stereocenters. The number of fused-ring (bicyclic) bond motifs is 1. The average molecular weight is 426 g/mol. The van der Waals surface area contributed by atoms with Crippen LogP contribution < -0.4 is 0 Å². The van der Waals surface area contributed by atoms with Crippen molar-refractivity contribution in [1.82, 2.24) is 4.90 Å². The topological polar surface area (TPSA) is 29.5 Å². The molecule has 0 N–H and O–H groups in total. The number of ether oxygens (including phenoxy) is 1. The molecule has 0 spiro atoms. The molecule has 1 aliphatic carbocycles. The van der Waals surface area contributed by atoms with E-state index in [1.165, 1.54) is 7.11 Å². The number of benzene rings is 2. The molecule has 4 rings (SSSR count). The van der Waals surface area contributed by atoms with Gasteiger partial charge in [-0.15, -0.1) is 0 Å². The van der Waals surface area contributed by atoms with Crippen LogP contribution in [0.4, 0.5) is 8.78 Å². The molecule has 0 unspecified atom stereocenters. The van der Waals surface area contributed by atoms with E-state index in [-0.39, 0.29) is 18.5 Å². The summed E-state index contributed by atoms with van der Waals surface area (Å²) in [5.74, 6) is -0.0701. The number of hydrogen-bond donors (Lipinski definition) is 0. The van der Waals surface area contributed by atoms with E-state index in [4.69, 9.17) is 4.74 Å².